The first-order valence-corrected chi connectivity index (χ1v) is 16.2. The third-order valence-corrected chi connectivity index (χ3v) is 10.5. The average Bonchev–Trinajstić information content (AvgIpc) is 3.55. The largest absolute Gasteiger partial charge is 0.461 e. The van der Waals surface area contributed by atoms with Gasteiger partial charge in [0.05, 0.1) is 23.9 Å². The molecule has 1 aromatic heterocycles. The molecule has 8 nitrogen and oxygen atoms in total. The summed E-state index contributed by atoms with van der Waals surface area (Å²) in [5.41, 5.74) is 5.02. The number of fused-ring (bicyclic) bond motifs is 3. The van der Waals surface area contributed by atoms with Crippen LogP contribution in [-0.2, 0) is 19.4 Å². The second-order valence-electron chi connectivity index (χ2n) is 12.9. The molecular formula is C34H45N5O3. The summed E-state index contributed by atoms with van der Waals surface area (Å²) < 4.78 is 6.54. The van der Waals surface area contributed by atoms with Crippen LogP contribution in [-0.4, -0.2) is 82.7 Å². The lowest BCUT2D eigenvalue weighted by Crippen LogP contribution is -2.43. The van der Waals surface area contributed by atoms with Gasteiger partial charge in [0.25, 0.3) is 0 Å². The van der Waals surface area contributed by atoms with Crippen LogP contribution >= 0.6 is 0 Å². The predicted octanol–water partition coefficient (Wildman–Crippen LogP) is 4.33. The number of aliphatic hydroxyl groups is 2. The highest BCUT2D eigenvalue weighted by molar-refractivity contribution is 5.97. The van der Waals surface area contributed by atoms with Gasteiger partial charge in [-0.25, -0.2) is 0 Å². The second kappa shape index (κ2) is 11.6. The van der Waals surface area contributed by atoms with Gasteiger partial charge in [-0.3, -0.25) is 4.90 Å². The Morgan fingerprint density at radius 3 is 2.52 bits per heavy atom. The van der Waals surface area contributed by atoms with Gasteiger partial charge in [0.2, 0.25) is 0 Å². The minimum absolute atomic E-state index is 0.0174. The summed E-state index contributed by atoms with van der Waals surface area (Å²) in [6.07, 6.45) is 7.58. The van der Waals surface area contributed by atoms with Gasteiger partial charge in [0.15, 0.2) is 0 Å². The maximum atomic E-state index is 10.6. The molecule has 0 saturated carbocycles. The highest BCUT2D eigenvalue weighted by Gasteiger charge is 2.45. The van der Waals surface area contributed by atoms with E-state index in [-0.39, 0.29) is 18.1 Å². The fourth-order valence-electron chi connectivity index (χ4n) is 8.11. The first-order chi connectivity index (χ1) is 20.6. The van der Waals surface area contributed by atoms with Gasteiger partial charge in [-0.05, 0) is 81.5 Å². The maximum Gasteiger partial charge on any atom is 0.318 e. The summed E-state index contributed by atoms with van der Waals surface area (Å²) in [5, 5.41) is 23.1. The molecule has 0 aliphatic carbocycles. The lowest BCUT2D eigenvalue weighted by Gasteiger charge is -2.35. The zero-order valence-corrected chi connectivity index (χ0v) is 25.0. The molecule has 0 spiro atoms. The molecule has 2 N–H and O–H groups in total. The van der Waals surface area contributed by atoms with E-state index in [4.69, 9.17) is 14.7 Å². The molecule has 224 valence electrons. The molecule has 4 aliphatic heterocycles. The smallest absolute Gasteiger partial charge is 0.318 e. The summed E-state index contributed by atoms with van der Waals surface area (Å²) in [5.74, 6) is 0.868. The van der Waals surface area contributed by atoms with E-state index >= 15 is 0 Å². The Bertz CT molecular complexity index is 1410. The molecular weight excluding hydrogens is 526 g/mol. The van der Waals surface area contributed by atoms with Gasteiger partial charge in [-0.1, -0.05) is 37.3 Å². The van der Waals surface area contributed by atoms with Gasteiger partial charge in [-0.15, -0.1) is 0 Å². The quantitative estimate of drug-likeness (QED) is 0.434. The molecule has 3 fully saturated rings. The van der Waals surface area contributed by atoms with Crippen molar-refractivity contribution in [1.29, 1.82) is 0 Å². The minimum atomic E-state index is -0.488. The van der Waals surface area contributed by atoms with E-state index in [0.29, 0.717) is 32.1 Å². The molecule has 7 rings (SSSR count). The van der Waals surface area contributed by atoms with Crippen molar-refractivity contribution in [2.24, 2.45) is 5.92 Å². The summed E-state index contributed by atoms with van der Waals surface area (Å²) >= 11 is 0. The highest BCUT2D eigenvalue weighted by atomic mass is 16.5. The molecule has 42 heavy (non-hydrogen) atoms. The number of rotatable bonds is 7. The Kier molecular flexibility index (Phi) is 7.71. The van der Waals surface area contributed by atoms with E-state index < -0.39 is 6.10 Å². The molecule has 4 aliphatic rings. The van der Waals surface area contributed by atoms with Crippen LogP contribution in [0.25, 0.3) is 10.8 Å². The summed E-state index contributed by atoms with van der Waals surface area (Å²) in [6, 6.07) is 13.7. The van der Waals surface area contributed by atoms with Gasteiger partial charge >= 0.3 is 6.01 Å². The van der Waals surface area contributed by atoms with E-state index in [0.717, 1.165) is 43.9 Å². The predicted molar refractivity (Wildman–Crippen MR) is 166 cm³/mol. The maximum absolute atomic E-state index is 10.6. The van der Waals surface area contributed by atoms with Crippen molar-refractivity contribution < 1.29 is 14.9 Å². The van der Waals surface area contributed by atoms with Gasteiger partial charge in [-0.2, -0.15) is 9.97 Å². The number of ether oxygens (including phenoxy) is 1. The van der Waals surface area contributed by atoms with E-state index in [1.807, 2.05) is 0 Å². The Balaban J connectivity index is 1.23. The van der Waals surface area contributed by atoms with Crippen molar-refractivity contribution in [3.63, 3.8) is 0 Å². The fourth-order valence-corrected chi connectivity index (χ4v) is 8.11. The van der Waals surface area contributed by atoms with Gasteiger partial charge < -0.3 is 24.7 Å². The molecule has 5 heterocycles. The molecule has 2 atom stereocenters. The second-order valence-corrected chi connectivity index (χ2v) is 12.9. The molecule has 3 aromatic rings. The summed E-state index contributed by atoms with van der Waals surface area (Å²) in [4.78, 5) is 17.6. The molecule has 0 bridgehead atoms. The average molecular weight is 572 g/mol. The van der Waals surface area contributed by atoms with Crippen LogP contribution < -0.4 is 14.5 Å². The minimum Gasteiger partial charge on any atom is -0.461 e. The van der Waals surface area contributed by atoms with Crippen LogP contribution in [0.2, 0.25) is 0 Å². The van der Waals surface area contributed by atoms with E-state index in [1.54, 1.807) is 0 Å². The van der Waals surface area contributed by atoms with E-state index in [9.17, 15) is 10.2 Å². The summed E-state index contributed by atoms with van der Waals surface area (Å²) in [7, 11) is 0. The third-order valence-electron chi connectivity index (χ3n) is 10.5. The van der Waals surface area contributed by atoms with Crippen molar-refractivity contribution in [3.8, 4) is 6.01 Å². The number of benzene rings is 2. The Labute approximate surface area is 249 Å². The monoisotopic (exact) mass is 571 g/mol. The van der Waals surface area contributed by atoms with Crippen LogP contribution in [0.3, 0.4) is 0 Å². The van der Waals surface area contributed by atoms with Crippen molar-refractivity contribution in [1.82, 2.24) is 14.9 Å². The lowest BCUT2D eigenvalue weighted by atomic mass is 9.95. The SMILES string of the molecule is CCc1cccc2cccc(N3CCc4c(nc(OCC56CCCN5CCC6)nc4N4CCC(O)C(CO)CC4)C3)c12. The standard InChI is InChI=1S/C34H45N5O3/c1-2-24-7-3-8-25-9-4-10-29(31(24)25)38-19-12-27-28(21-38)35-33(42-23-34-14-5-16-39(34)17-6-15-34)36-32(27)37-18-11-26(22-40)30(41)13-20-37/h3-4,7-10,26,30,40-41H,2,5-6,11-23H2,1H3. The number of anilines is 2. The van der Waals surface area contributed by atoms with Crippen LogP contribution in [0.1, 0.15) is 62.3 Å². The molecule has 2 aromatic carbocycles. The first kappa shape index (κ1) is 27.9. The van der Waals surface area contributed by atoms with Crippen molar-refractivity contribution in [3.05, 3.63) is 53.2 Å². The highest BCUT2D eigenvalue weighted by Crippen LogP contribution is 2.40. The number of hydrogen-bond acceptors (Lipinski definition) is 8. The molecule has 3 saturated heterocycles. The number of nitrogens with zero attached hydrogens (tertiary/aromatic N) is 5. The zero-order chi connectivity index (χ0) is 28.7. The topological polar surface area (TPSA) is 85.2 Å². The van der Waals surface area contributed by atoms with Crippen molar-refractivity contribution in [2.45, 2.75) is 76.5 Å². The van der Waals surface area contributed by atoms with Crippen molar-refractivity contribution >= 4 is 22.3 Å². The number of aryl methyl sites for hydroxylation is 1. The number of hydrogen-bond donors (Lipinski definition) is 2. The Morgan fingerprint density at radius 2 is 1.74 bits per heavy atom. The normalized spacial score (nSPS) is 24.1. The van der Waals surface area contributed by atoms with E-state index in [1.165, 1.54) is 66.4 Å². The van der Waals surface area contributed by atoms with Gasteiger partial charge in [0.1, 0.15) is 12.4 Å². The lowest BCUT2D eigenvalue weighted by molar-refractivity contribution is 0.0655. The number of aliphatic hydroxyl groups excluding tert-OH is 2. The molecule has 0 radical (unpaired) electrons. The van der Waals surface area contributed by atoms with Gasteiger partial charge in [0, 0.05) is 48.8 Å². The molecule has 8 heteroatoms. The number of aromatic nitrogens is 2. The Hall–Kier alpha value is -2.94. The Morgan fingerprint density at radius 1 is 0.952 bits per heavy atom. The summed E-state index contributed by atoms with van der Waals surface area (Å²) in [6.45, 7) is 8.31. The van der Waals surface area contributed by atoms with Crippen LogP contribution in [0.5, 0.6) is 6.01 Å². The van der Waals surface area contributed by atoms with Crippen LogP contribution in [0, 0.1) is 5.92 Å². The van der Waals surface area contributed by atoms with Crippen LogP contribution in [0.4, 0.5) is 11.5 Å². The van der Waals surface area contributed by atoms with E-state index in [2.05, 4.69) is 58.0 Å². The molecule has 0 amide bonds. The molecule has 2 unspecified atom stereocenters. The van der Waals surface area contributed by atoms with Crippen LogP contribution in [0.15, 0.2) is 36.4 Å². The fraction of sp³-hybridized carbons (Fsp3) is 0.588. The third kappa shape index (κ3) is 5.01. The first-order valence-electron chi connectivity index (χ1n) is 16.2. The zero-order valence-electron chi connectivity index (χ0n) is 25.0. The van der Waals surface area contributed by atoms with Crippen molar-refractivity contribution in [2.75, 3.05) is 55.7 Å².